The van der Waals surface area contributed by atoms with Crippen LogP contribution in [-0.2, 0) is 0 Å². The van der Waals surface area contributed by atoms with Crippen molar-refractivity contribution in [3.8, 4) is 0 Å². The normalized spacial score (nSPS) is 12.8. The van der Waals surface area contributed by atoms with Crippen LogP contribution >= 0.6 is 34.5 Å². The lowest BCUT2D eigenvalue weighted by Crippen LogP contribution is -1.98. The van der Waals surface area contributed by atoms with Gasteiger partial charge in [0.1, 0.15) is 10.4 Å². The van der Waals surface area contributed by atoms with Gasteiger partial charge in [-0.15, -0.1) is 11.3 Å². The monoisotopic (exact) mass is 308 g/mol. The summed E-state index contributed by atoms with van der Waals surface area (Å²) in [7, 11) is 0. The molecule has 1 unspecified atom stereocenters. The van der Waals surface area contributed by atoms with Crippen molar-refractivity contribution in [1.29, 1.82) is 0 Å². The number of thiophene rings is 1. The van der Waals surface area contributed by atoms with Crippen molar-refractivity contribution in [2.75, 3.05) is 0 Å². The van der Waals surface area contributed by atoms with Crippen LogP contribution in [0.4, 0.5) is 0 Å². The maximum Gasteiger partial charge on any atom is 0.106 e. The van der Waals surface area contributed by atoms with Crippen LogP contribution in [0.15, 0.2) is 48.5 Å². The van der Waals surface area contributed by atoms with E-state index in [-0.39, 0.29) is 0 Å². The molecule has 1 nitrogen and oxygen atoms in total. The van der Waals surface area contributed by atoms with Gasteiger partial charge in [0.05, 0.1) is 4.34 Å². The number of fused-ring (bicyclic) bond motifs is 1. The maximum atomic E-state index is 10.4. The van der Waals surface area contributed by atoms with Crippen LogP contribution in [0.1, 0.15) is 17.2 Å². The third-order valence-corrected chi connectivity index (χ3v) is 4.58. The molecule has 0 radical (unpaired) electrons. The van der Waals surface area contributed by atoms with Gasteiger partial charge in [0, 0.05) is 5.56 Å². The first-order valence-corrected chi connectivity index (χ1v) is 7.34. The minimum atomic E-state index is -0.749. The highest BCUT2D eigenvalue weighted by atomic mass is 35.5. The van der Waals surface area contributed by atoms with E-state index in [0.717, 1.165) is 16.3 Å². The standard InChI is InChI=1S/C15H10Cl2OS/c16-13-8-12(15(17)19-13)14(18)11-6-5-9-3-1-2-4-10(9)7-11/h1-8,14,18H. The zero-order valence-electron chi connectivity index (χ0n) is 9.81. The Morgan fingerprint density at radius 1 is 0.947 bits per heavy atom. The molecule has 0 saturated carbocycles. The molecule has 0 bridgehead atoms. The van der Waals surface area contributed by atoms with Crippen molar-refractivity contribution in [3.05, 3.63) is 68.3 Å². The topological polar surface area (TPSA) is 20.2 Å². The molecule has 3 aromatic rings. The summed E-state index contributed by atoms with van der Waals surface area (Å²) in [6.07, 6.45) is -0.749. The molecular formula is C15H10Cl2OS. The summed E-state index contributed by atoms with van der Waals surface area (Å²) < 4.78 is 1.12. The highest BCUT2D eigenvalue weighted by Crippen LogP contribution is 2.37. The summed E-state index contributed by atoms with van der Waals surface area (Å²) in [6, 6.07) is 15.6. The molecule has 3 rings (SSSR count). The Hall–Kier alpha value is -1.06. The van der Waals surface area contributed by atoms with E-state index in [0.29, 0.717) is 14.2 Å². The Bertz CT molecular complexity index is 736. The van der Waals surface area contributed by atoms with E-state index in [4.69, 9.17) is 23.2 Å². The maximum absolute atomic E-state index is 10.4. The third-order valence-electron chi connectivity index (χ3n) is 3.07. The fraction of sp³-hybridized carbons (Fsp3) is 0.0667. The molecule has 1 N–H and O–H groups in total. The lowest BCUT2D eigenvalue weighted by molar-refractivity contribution is 0.221. The lowest BCUT2D eigenvalue weighted by atomic mass is 10.0. The molecule has 0 aliphatic carbocycles. The minimum Gasteiger partial charge on any atom is -0.384 e. The summed E-state index contributed by atoms with van der Waals surface area (Å²) in [4.78, 5) is 0. The smallest absolute Gasteiger partial charge is 0.106 e. The van der Waals surface area contributed by atoms with Gasteiger partial charge in [-0.2, -0.15) is 0 Å². The first-order valence-electron chi connectivity index (χ1n) is 5.76. The Morgan fingerprint density at radius 3 is 2.37 bits per heavy atom. The second-order valence-electron chi connectivity index (χ2n) is 4.29. The average Bonchev–Trinajstić information content (AvgIpc) is 2.76. The van der Waals surface area contributed by atoms with Gasteiger partial charge < -0.3 is 5.11 Å². The van der Waals surface area contributed by atoms with Gasteiger partial charge >= 0.3 is 0 Å². The average molecular weight is 309 g/mol. The molecule has 4 heteroatoms. The van der Waals surface area contributed by atoms with Crippen molar-refractivity contribution in [3.63, 3.8) is 0 Å². The Morgan fingerprint density at radius 2 is 1.68 bits per heavy atom. The van der Waals surface area contributed by atoms with E-state index >= 15 is 0 Å². The van der Waals surface area contributed by atoms with Gasteiger partial charge in [0.15, 0.2) is 0 Å². The Balaban J connectivity index is 2.06. The van der Waals surface area contributed by atoms with Gasteiger partial charge in [0.2, 0.25) is 0 Å². The molecule has 0 fully saturated rings. The van der Waals surface area contributed by atoms with E-state index in [1.165, 1.54) is 11.3 Å². The van der Waals surface area contributed by atoms with Crippen molar-refractivity contribution >= 4 is 45.3 Å². The van der Waals surface area contributed by atoms with Gasteiger partial charge in [0.25, 0.3) is 0 Å². The predicted molar refractivity (Wildman–Crippen MR) is 82.3 cm³/mol. The minimum absolute atomic E-state index is 0.533. The summed E-state index contributed by atoms with van der Waals surface area (Å²) in [5.74, 6) is 0. The van der Waals surface area contributed by atoms with E-state index in [1.807, 2.05) is 42.5 Å². The van der Waals surface area contributed by atoms with Gasteiger partial charge in [-0.05, 0) is 28.5 Å². The van der Waals surface area contributed by atoms with E-state index in [1.54, 1.807) is 6.07 Å². The molecule has 0 amide bonds. The van der Waals surface area contributed by atoms with Crippen molar-refractivity contribution in [2.45, 2.75) is 6.10 Å². The molecule has 0 spiro atoms. The van der Waals surface area contributed by atoms with E-state index in [9.17, 15) is 5.11 Å². The van der Waals surface area contributed by atoms with Crippen LogP contribution in [0.2, 0.25) is 8.67 Å². The van der Waals surface area contributed by atoms with Crippen molar-refractivity contribution < 1.29 is 5.11 Å². The second kappa shape index (κ2) is 5.14. The summed E-state index contributed by atoms with van der Waals surface area (Å²) in [5, 5.41) is 12.6. The first kappa shape index (κ1) is 12.9. The van der Waals surface area contributed by atoms with E-state index < -0.39 is 6.10 Å². The Kier molecular flexibility index (Phi) is 3.50. The first-order chi connectivity index (χ1) is 9.15. The molecular weight excluding hydrogens is 299 g/mol. The highest BCUT2D eigenvalue weighted by molar-refractivity contribution is 7.20. The molecule has 1 heterocycles. The van der Waals surface area contributed by atoms with Crippen LogP contribution in [0, 0.1) is 0 Å². The number of aliphatic hydroxyl groups is 1. The largest absolute Gasteiger partial charge is 0.384 e. The van der Waals surface area contributed by atoms with E-state index in [2.05, 4.69) is 0 Å². The summed E-state index contributed by atoms with van der Waals surface area (Å²) >= 11 is 13.3. The molecule has 0 aliphatic heterocycles. The predicted octanol–water partition coefficient (Wildman–Crippen LogP) is 5.29. The molecule has 96 valence electrons. The summed E-state index contributed by atoms with van der Waals surface area (Å²) in [5.41, 5.74) is 1.47. The SMILES string of the molecule is OC(c1ccc2ccccc2c1)c1cc(Cl)sc1Cl. The molecule has 0 aliphatic rings. The highest BCUT2D eigenvalue weighted by Gasteiger charge is 2.17. The van der Waals surface area contributed by atoms with Crippen LogP contribution in [0.3, 0.4) is 0 Å². The second-order valence-corrected chi connectivity index (χ2v) is 6.57. The zero-order chi connectivity index (χ0) is 13.4. The fourth-order valence-corrected chi connectivity index (χ4v) is 3.62. The van der Waals surface area contributed by atoms with Crippen LogP contribution in [0.5, 0.6) is 0 Å². The fourth-order valence-electron chi connectivity index (χ4n) is 2.10. The lowest BCUT2D eigenvalue weighted by Gasteiger charge is -2.11. The molecule has 0 saturated heterocycles. The number of hydrogen-bond donors (Lipinski definition) is 1. The quantitative estimate of drug-likeness (QED) is 0.682. The molecule has 2 aromatic carbocycles. The van der Waals surface area contributed by atoms with Crippen molar-refractivity contribution in [1.82, 2.24) is 0 Å². The number of rotatable bonds is 2. The van der Waals surface area contributed by atoms with Crippen molar-refractivity contribution in [2.24, 2.45) is 0 Å². The zero-order valence-corrected chi connectivity index (χ0v) is 12.1. The third kappa shape index (κ3) is 2.49. The van der Waals surface area contributed by atoms with Gasteiger partial charge in [-0.1, -0.05) is 59.6 Å². The van der Waals surface area contributed by atoms with Gasteiger partial charge in [-0.25, -0.2) is 0 Å². The molecule has 19 heavy (non-hydrogen) atoms. The number of benzene rings is 2. The van der Waals surface area contributed by atoms with Crippen LogP contribution in [0.25, 0.3) is 10.8 Å². The van der Waals surface area contributed by atoms with Crippen LogP contribution in [-0.4, -0.2) is 5.11 Å². The summed E-state index contributed by atoms with van der Waals surface area (Å²) in [6.45, 7) is 0. The molecule has 1 aromatic heterocycles. The number of hydrogen-bond acceptors (Lipinski definition) is 2. The Labute approximate surface area is 125 Å². The van der Waals surface area contributed by atoms with Crippen LogP contribution < -0.4 is 0 Å². The molecule has 1 atom stereocenters. The van der Waals surface area contributed by atoms with Gasteiger partial charge in [-0.3, -0.25) is 0 Å². The number of aliphatic hydroxyl groups excluding tert-OH is 1. The number of halogens is 2.